The first kappa shape index (κ1) is 15.9. The van der Waals surface area contributed by atoms with Crippen molar-refractivity contribution in [1.82, 2.24) is 15.5 Å². The van der Waals surface area contributed by atoms with E-state index in [4.69, 9.17) is 5.11 Å². The Labute approximate surface area is 116 Å². The SMILES string of the molecule is CN1CC(NC(=O)NC(=O)CCCC(=O)O)CCC1=O. The van der Waals surface area contributed by atoms with Crippen LogP contribution in [0.1, 0.15) is 32.1 Å². The Kier molecular flexibility index (Phi) is 5.95. The zero-order chi connectivity index (χ0) is 15.1. The molecule has 3 N–H and O–H groups in total. The normalized spacial score (nSPS) is 18.6. The Bertz CT molecular complexity index is 410. The number of piperidine rings is 1. The van der Waals surface area contributed by atoms with Crippen molar-refractivity contribution in [3.63, 3.8) is 0 Å². The van der Waals surface area contributed by atoms with Crippen LogP contribution in [-0.2, 0) is 14.4 Å². The van der Waals surface area contributed by atoms with Gasteiger partial charge in [0.25, 0.3) is 0 Å². The molecule has 1 aliphatic rings. The van der Waals surface area contributed by atoms with E-state index in [1.54, 1.807) is 7.05 Å². The maximum Gasteiger partial charge on any atom is 0.321 e. The third-order valence-corrected chi connectivity index (χ3v) is 3.01. The molecule has 4 amide bonds. The van der Waals surface area contributed by atoms with Crippen molar-refractivity contribution < 1.29 is 24.3 Å². The fourth-order valence-corrected chi connectivity index (χ4v) is 1.94. The van der Waals surface area contributed by atoms with E-state index in [1.165, 1.54) is 4.90 Å². The number of likely N-dealkylation sites (tertiary alicyclic amines) is 1. The Morgan fingerprint density at radius 1 is 1.35 bits per heavy atom. The summed E-state index contributed by atoms with van der Waals surface area (Å²) in [6.45, 7) is 0.416. The van der Waals surface area contributed by atoms with Gasteiger partial charge in [-0.2, -0.15) is 0 Å². The smallest absolute Gasteiger partial charge is 0.321 e. The highest BCUT2D eigenvalue weighted by Gasteiger charge is 2.24. The molecule has 1 aliphatic heterocycles. The molecule has 1 heterocycles. The summed E-state index contributed by atoms with van der Waals surface area (Å²) in [5.41, 5.74) is 0. The molecule has 0 aromatic carbocycles. The number of carbonyl (C=O) groups is 4. The van der Waals surface area contributed by atoms with E-state index in [0.29, 0.717) is 19.4 Å². The van der Waals surface area contributed by atoms with Crippen LogP contribution in [0, 0.1) is 0 Å². The lowest BCUT2D eigenvalue weighted by molar-refractivity contribution is -0.137. The third-order valence-electron chi connectivity index (χ3n) is 3.01. The standard InChI is InChI=1S/C12H19N3O5/c1-15-7-8(5-6-10(15)17)13-12(20)14-9(16)3-2-4-11(18)19/h8H,2-7H2,1H3,(H,18,19)(H2,13,14,16,20). The summed E-state index contributed by atoms with van der Waals surface area (Å²) in [5, 5.41) is 13.2. The van der Waals surface area contributed by atoms with E-state index in [0.717, 1.165) is 0 Å². The quantitative estimate of drug-likeness (QED) is 0.640. The van der Waals surface area contributed by atoms with Gasteiger partial charge in [0.1, 0.15) is 0 Å². The van der Waals surface area contributed by atoms with Crippen molar-refractivity contribution in [3.05, 3.63) is 0 Å². The largest absolute Gasteiger partial charge is 0.481 e. The molecule has 0 saturated carbocycles. The fraction of sp³-hybridized carbons (Fsp3) is 0.667. The molecule has 0 aromatic heterocycles. The van der Waals surface area contributed by atoms with Crippen molar-refractivity contribution in [2.75, 3.05) is 13.6 Å². The molecule has 1 unspecified atom stereocenters. The number of urea groups is 1. The van der Waals surface area contributed by atoms with Crippen LogP contribution in [0.4, 0.5) is 4.79 Å². The van der Waals surface area contributed by atoms with Gasteiger partial charge in [-0.3, -0.25) is 19.7 Å². The van der Waals surface area contributed by atoms with Crippen molar-refractivity contribution in [2.24, 2.45) is 0 Å². The topological polar surface area (TPSA) is 116 Å². The zero-order valence-electron chi connectivity index (χ0n) is 11.3. The molecule has 112 valence electrons. The van der Waals surface area contributed by atoms with Gasteiger partial charge < -0.3 is 15.3 Å². The van der Waals surface area contributed by atoms with Crippen molar-refractivity contribution in [2.45, 2.75) is 38.1 Å². The summed E-state index contributed by atoms with van der Waals surface area (Å²) in [6, 6.07) is -0.789. The summed E-state index contributed by atoms with van der Waals surface area (Å²) < 4.78 is 0. The van der Waals surface area contributed by atoms with Crippen molar-refractivity contribution in [1.29, 1.82) is 0 Å². The van der Waals surface area contributed by atoms with Gasteiger partial charge in [-0.1, -0.05) is 0 Å². The lowest BCUT2D eigenvalue weighted by atomic mass is 10.1. The number of carboxylic acid groups (broad SMARTS) is 1. The Balaban J connectivity index is 2.24. The molecule has 1 fully saturated rings. The van der Waals surface area contributed by atoms with Crippen LogP contribution in [0.25, 0.3) is 0 Å². The van der Waals surface area contributed by atoms with E-state index in [-0.39, 0.29) is 31.2 Å². The molecule has 0 spiro atoms. The molecule has 1 atom stereocenters. The van der Waals surface area contributed by atoms with E-state index in [1.807, 2.05) is 0 Å². The van der Waals surface area contributed by atoms with Crippen LogP contribution in [0.3, 0.4) is 0 Å². The summed E-state index contributed by atoms with van der Waals surface area (Å²) in [5.74, 6) is -1.45. The number of nitrogens with zero attached hydrogens (tertiary/aromatic N) is 1. The zero-order valence-corrected chi connectivity index (χ0v) is 11.3. The van der Waals surface area contributed by atoms with Crippen LogP contribution in [0.2, 0.25) is 0 Å². The first-order valence-electron chi connectivity index (χ1n) is 6.44. The average molecular weight is 285 g/mol. The van der Waals surface area contributed by atoms with Crippen molar-refractivity contribution in [3.8, 4) is 0 Å². The summed E-state index contributed by atoms with van der Waals surface area (Å²) in [4.78, 5) is 46.0. The van der Waals surface area contributed by atoms with Gasteiger partial charge in [0, 0.05) is 38.9 Å². The number of amides is 4. The number of aliphatic carboxylic acids is 1. The van der Waals surface area contributed by atoms with Gasteiger partial charge in [-0.25, -0.2) is 4.79 Å². The van der Waals surface area contributed by atoms with Crippen LogP contribution in [-0.4, -0.2) is 53.5 Å². The molecule has 0 bridgehead atoms. The monoisotopic (exact) mass is 285 g/mol. The molecule has 0 aromatic rings. The Morgan fingerprint density at radius 2 is 2.05 bits per heavy atom. The number of carboxylic acids is 1. The highest BCUT2D eigenvalue weighted by molar-refractivity contribution is 5.94. The molecular formula is C12H19N3O5. The Morgan fingerprint density at radius 3 is 2.65 bits per heavy atom. The second-order valence-corrected chi connectivity index (χ2v) is 4.78. The molecule has 1 saturated heterocycles. The van der Waals surface area contributed by atoms with Crippen LogP contribution >= 0.6 is 0 Å². The van der Waals surface area contributed by atoms with Gasteiger partial charge >= 0.3 is 12.0 Å². The molecule has 8 nitrogen and oxygen atoms in total. The minimum Gasteiger partial charge on any atom is -0.481 e. The van der Waals surface area contributed by atoms with Gasteiger partial charge in [-0.05, 0) is 12.8 Å². The predicted molar refractivity (Wildman–Crippen MR) is 68.8 cm³/mol. The number of hydrogen-bond acceptors (Lipinski definition) is 4. The highest BCUT2D eigenvalue weighted by atomic mass is 16.4. The molecule has 8 heteroatoms. The molecule has 20 heavy (non-hydrogen) atoms. The van der Waals surface area contributed by atoms with E-state index in [2.05, 4.69) is 10.6 Å². The minimum absolute atomic E-state index is 0.0111. The van der Waals surface area contributed by atoms with Crippen molar-refractivity contribution >= 4 is 23.8 Å². The van der Waals surface area contributed by atoms with Gasteiger partial charge in [0.05, 0.1) is 0 Å². The Hall–Kier alpha value is -2.12. The number of nitrogens with one attached hydrogen (secondary N) is 2. The number of imide groups is 1. The highest BCUT2D eigenvalue weighted by Crippen LogP contribution is 2.09. The van der Waals surface area contributed by atoms with Crippen LogP contribution < -0.4 is 10.6 Å². The molecule has 1 rings (SSSR count). The first-order valence-corrected chi connectivity index (χ1v) is 6.44. The van der Waals surface area contributed by atoms with Gasteiger partial charge in [0.2, 0.25) is 11.8 Å². The van der Waals surface area contributed by atoms with Gasteiger partial charge in [-0.15, -0.1) is 0 Å². The van der Waals surface area contributed by atoms with Crippen LogP contribution in [0.5, 0.6) is 0 Å². The maximum absolute atomic E-state index is 11.5. The fourth-order valence-electron chi connectivity index (χ4n) is 1.94. The van der Waals surface area contributed by atoms with E-state index < -0.39 is 17.9 Å². The first-order chi connectivity index (χ1) is 9.38. The second kappa shape index (κ2) is 7.46. The average Bonchev–Trinajstić information content (AvgIpc) is 2.33. The second-order valence-electron chi connectivity index (χ2n) is 4.78. The third kappa shape index (κ3) is 5.68. The summed E-state index contributed by atoms with van der Waals surface area (Å²) in [6.07, 6.45) is 0.986. The lowest BCUT2D eigenvalue weighted by Crippen LogP contribution is -2.51. The number of rotatable bonds is 5. The number of likely N-dealkylation sites (N-methyl/N-ethyl adjacent to an activating group) is 1. The number of hydrogen-bond donors (Lipinski definition) is 3. The maximum atomic E-state index is 11.5. The predicted octanol–water partition coefficient (Wildman–Crippen LogP) is -0.312. The lowest BCUT2D eigenvalue weighted by Gasteiger charge is -2.30. The summed E-state index contributed by atoms with van der Waals surface area (Å²) in [7, 11) is 1.66. The van der Waals surface area contributed by atoms with E-state index >= 15 is 0 Å². The number of carbonyl (C=O) groups excluding carboxylic acids is 3. The summed E-state index contributed by atoms with van der Waals surface area (Å²) >= 11 is 0. The van der Waals surface area contributed by atoms with Crippen LogP contribution in [0.15, 0.2) is 0 Å². The van der Waals surface area contributed by atoms with E-state index in [9.17, 15) is 19.2 Å². The molecule has 0 aliphatic carbocycles. The van der Waals surface area contributed by atoms with Gasteiger partial charge in [0.15, 0.2) is 0 Å². The molecule has 0 radical (unpaired) electrons. The minimum atomic E-state index is -0.975. The molecular weight excluding hydrogens is 266 g/mol.